The fourth-order valence-corrected chi connectivity index (χ4v) is 4.35. The fraction of sp³-hybridized carbons (Fsp3) is 0.529. The van der Waals surface area contributed by atoms with Crippen LogP contribution in [0.4, 0.5) is 0 Å². The van der Waals surface area contributed by atoms with Crippen molar-refractivity contribution in [3.8, 4) is 12.3 Å². The predicted octanol–water partition coefficient (Wildman–Crippen LogP) is 4.83. The monoisotopic (exact) mass is 404 g/mol. The van der Waals surface area contributed by atoms with E-state index in [2.05, 4.69) is 66.6 Å². The predicted molar refractivity (Wildman–Crippen MR) is 97.0 cm³/mol. The molecule has 0 bridgehead atoms. The van der Waals surface area contributed by atoms with Crippen molar-refractivity contribution in [1.82, 2.24) is 0 Å². The van der Waals surface area contributed by atoms with Gasteiger partial charge in [-0.1, -0.05) is 55.8 Å². The minimum atomic E-state index is 0.0234. The van der Waals surface area contributed by atoms with Crippen molar-refractivity contribution < 1.29 is 4.48 Å². The lowest BCUT2D eigenvalue weighted by molar-refractivity contribution is -0.938. The van der Waals surface area contributed by atoms with E-state index in [4.69, 9.17) is 18.0 Å². The van der Waals surface area contributed by atoms with Gasteiger partial charge in [-0.15, -0.1) is 6.42 Å². The van der Waals surface area contributed by atoms with Crippen LogP contribution in [0.3, 0.4) is 0 Å². The van der Waals surface area contributed by atoms with Crippen LogP contribution in [0.2, 0.25) is 0 Å². The normalized spacial score (nSPS) is 14.6. The first-order valence-electron chi connectivity index (χ1n) is 7.25. The second-order valence-electron chi connectivity index (χ2n) is 5.18. The zero-order valence-electron chi connectivity index (χ0n) is 12.4. The highest BCUT2D eigenvalue weighted by Gasteiger charge is 2.39. The molecule has 3 heteroatoms. The number of rotatable bonds is 8. The molecule has 110 valence electrons. The van der Waals surface area contributed by atoms with Gasteiger partial charge in [0.05, 0.1) is 13.1 Å². The molecule has 20 heavy (non-hydrogen) atoms. The van der Waals surface area contributed by atoms with Crippen molar-refractivity contribution in [2.45, 2.75) is 42.7 Å². The van der Waals surface area contributed by atoms with Crippen molar-refractivity contribution >= 4 is 34.2 Å². The van der Waals surface area contributed by atoms with Crippen molar-refractivity contribution in [3.05, 3.63) is 35.9 Å². The van der Waals surface area contributed by atoms with Gasteiger partial charge in [-0.25, -0.2) is 0 Å². The SMILES string of the molecule is C#CC(I)[N+](CCC)(CCC)C(Cl)Cc1ccccc1. The van der Waals surface area contributed by atoms with E-state index in [-0.39, 0.29) is 9.55 Å². The van der Waals surface area contributed by atoms with Crippen LogP contribution in [-0.4, -0.2) is 27.1 Å². The molecule has 1 aromatic carbocycles. The molecule has 0 fully saturated rings. The summed E-state index contributed by atoms with van der Waals surface area (Å²) in [6.07, 6.45) is 8.78. The van der Waals surface area contributed by atoms with Gasteiger partial charge in [-0.05, 0) is 24.3 Å². The van der Waals surface area contributed by atoms with E-state index in [9.17, 15) is 0 Å². The molecule has 0 amide bonds. The van der Waals surface area contributed by atoms with Gasteiger partial charge in [0.2, 0.25) is 4.05 Å². The molecule has 2 unspecified atom stereocenters. The number of benzene rings is 1. The summed E-state index contributed by atoms with van der Waals surface area (Å²) in [5.74, 6) is 2.92. The molecule has 0 N–H and O–H groups in total. The number of alkyl halides is 2. The van der Waals surface area contributed by atoms with Crippen molar-refractivity contribution in [3.63, 3.8) is 0 Å². The molecule has 1 aromatic rings. The van der Waals surface area contributed by atoms with Gasteiger partial charge in [0.25, 0.3) is 0 Å². The first-order valence-corrected chi connectivity index (χ1v) is 8.93. The second kappa shape index (κ2) is 8.92. The van der Waals surface area contributed by atoms with Crippen molar-refractivity contribution in [2.24, 2.45) is 0 Å². The van der Waals surface area contributed by atoms with Crippen LogP contribution >= 0.6 is 34.2 Å². The van der Waals surface area contributed by atoms with Crippen LogP contribution in [0.1, 0.15) is 32.3 Å². The van der Waals surface area contributed by atoms with Gasteiger partial charge in [0.15, 0.2) is 5.50 Å². The van der Waals surface area contributed by atoms with E-state index in [1.54, 1.807) is 0 Å². The maximum atomic E-state index is 6.84. The molecule has 1 nitrogen and oxygen atoms in total. The van der Waals surface area contributed by atoms with Crippen molar-refractivity contribution in [1.29, 1.82) is 0 Å². The zero-order chi connectivity index (χ0) is 15.0. The molecular formula is C17H24ClIN+. The summed E-state index contributed by atoms with van der Waals surface area (Å²) < 4.78 is 0.930. The first-order chi connectivity index (χ1) is 9.60. The molecule has 0 aromatic heterocycles. The van der Waals surface area contributed by atoms with Crippen LogP contribution in [0.5, 0.6) is 0 Å². The van der Waals surface area contributed by atoms with E-state index in [1.165, 1.54) is 5.56 Å². The van der Waals surface area contributed by atoms with Crippen LogP contribution < -0.4 is 0 Å². The number of terminal acetylenes is 1. The van der Waals surface area contributed by atoms with Gasteiger partial charge in [0, 0.05) is 29.0 Å². The summed E-state index contributed by atoms with van der Waals surface area (Å²) in [5.41, 5.74) is 1.30. The van der Waals surface area contributed by atoms with Crippen LogP contribution in [0, 0.1) is 12.3 Å². The number of hydrogen-bond acceptors (Lipinski definition) is 0. The Kier molecular flexibility index (Phi) is 7.94. The summed E-state index contributed by atoms with van der Waals surface area (Å²) in [7, 11) is 0. The standard InChI is InChI=1S/C17H24ClIN/c1-4-12-20(13-5-2,17(19)6-3)16(18)14-15-10-8-7-9-11-15/h3,7-11,16-17H,4-5,12-14H2,1-2H3/q+1. The van der Waals surface area contributed by atoms with E-state index >= 15 is 0 Å². The number of nitrogens with zero attached hydrogens (tertiary/aromatic N) is 1. The van der Waals surface area contributed by atoms with E-state index in [0.29, 0.717) is 0 Å². The Morgan fingerprint density at radius 3 is 2.20 bits per heavy atom. The molecule has 0 saturated heterocycles. The molecule has 0 heterocycles. The highest BCUT2D eigenvalue weighted by atomic mass is 127. The Balaban J connectivity index is 2.99. The zero-order valence-corrected chi connectivity index (χ0v) is 15.3. The summed E-state index contributed by atoms with van der Waals surface area (Å²) in [4.78, 5) is 0. The topological polar surface area (TPSA) is 0 Å². The van der Waals surface area contributed by atoms with Gasteiger partial charge in [-0.2, -0.15) is 0 Å². The fourth-order valence-electron chi connectivity index (χ4n) is 2.73. The summed E-state index contributed by atoms with van der Waals surface area (Å²) in [5, 5.41) is 0. The molecule has 1 rings (SSSR count). The number of hydrogen-bond donors (Lipinski definition) is 0. The van der Waals surface area contributed by atoms with Crippen molar-refractivity contribution in [2.75, 3.05) is 13.1 Å². The second-order valence-corrected chi connectivity index (χ2v) is 6.86. The Morgan fingerprint density at radius 1 is 1.20 bits per heavy atom. The third-order valence-corrected chi connectivity index (χ3v) is 5.69. The van der Waals surface area contributed by atoms with Gasteiger partial charge in [-0.3, -0.25) is 4.48 Å². The average molecular weight is 405 g/mol. The summed E-state index contributed by atoms with van der Waals surface area (Å²) >= 11 is 9.22. The maximum Gasteiger partial charge on any atom is 0.201 e. The van der Waals surface area contributed by atoms with E-state index in [0.717, 1.165) is 36.8 Å². The molecule has 0 aliphatic rings. The third kappa shape index (κ3) is 4.38. The number of quaternary nitrogens is 1. The lowest BCUT2D eigenvalue weighted by Gasteiger charge is -2.44. The first kappa shape index (κ1) is 17.8. The Bertz CT molecular complexity index is 420. The van der Waals surface area contributed by atoms with Crippen LogP contribution in [0.25, 0.3) is 0 Å². The number of halogens is 2. The Morgan fingerprint density at radius 2 is 1.75 bits per heavy atom. The van der Waals surface area contributed by atoms with E-state index in [1.807, 2.05) is 6.07 Å². The molecule has 0 radical (unpaired) electrons. The molecule has 0 aliphatic carbocycles. The molecule has 0 aliphatic heterocycles. The largest absolute Gasteiger partial charge is 0.288 e. The lowest BCUT2D eigenvalue weighted by Crippen LogP contribution is -2.58. The third-order valence-electron chi connectivity index (χ3n) is 3.67. The highest BCUT2D eigenvalue weighted by molar-refractivity contribution is 14.1. The quantitative estimate of drug-likeness (QED) is 0.191. The minimum Gasteiger partial charge on any atom is -0.288 e. The molecule has 2 atom stereocenters. The van der Waals surface area contributed by atoms with Crippen LogP contribution in [0.15, 0.2) is 30.3 Å². The van der Waals surface area contributed by atoms with E-state index < -0.39 is 0 Å². The Labute approximate surface area is 142 Å². The maximum absolute atomic E-state index is 6.84. The summed E-state index contributed by atoms with van der Waals surface area (Å²) in [6.45, 7) is 6.47. The molecule has 0 saturated carbocycles. The minimum absolute atomic E-state index is 0.0234. The smallest absolute Gasteiger partial charge is 0.201 e. The Hall–Kier alpha value is -0.240. The molecular weight excluding hydrogens is 381 g/mol. The average Bonchev–Trinajstić information content (AvgIpc) is 2.47. The van der Waals surface area contributed by atoms with Gasteiger partial charge >= 0.3 is 0 Å². The summed E-state index contributed by atoms with van der Waals surface area (Å²) in [6, 6.07) is 10.4. The van der Waals surface area contributed by atoms with Gasteiger partial charge < -0.3 is 0 Å². The highest BCUT2D eigenvalue weighted by Crippen LogP contribution is 2.30. The van der Waals surface area contributed by atoms with Crippen LogP contribution in [-0.2, 0) is 6.42 Å². The lowest BCUT2D eigenvalue weighted by atomic mass is 10.1. The van der Waals surface area contributed by atoms with Gasteiger partial charge in [0.1, 0.15) is 0 Å². The molecule has 0 spiro atoms.